The topological polar surface area (TPSA) is 37.4 Å². The van der Waals surface area contributed by atoms with E-state index in [1.807, 2.05) is 67.6 Å². The highest BCUT2D eigenvalue weighted by Crippen LogP contribution is 2.43. The lowest BCUT2D eigenvalue weighted by Gasteiger charge is -2.40. The summed E-state index contributed by atoms with van der Waals surface area (Å²) in [5.74, 6) is 0. The number of rotatable bonds is 5. The summed E-state index contributed by atoms with van der Waals surface area (Å²) in [5, 5.41) is 0.161. The highest BCUT2D eigenvalue weighted by atomic mass is 32.2. The fourth-order valence-electron chi connectivity index (χ4n) is 3.87. The lowest BCUT2D eigenvalue weighted by Crippen LogP contribution is -2.44. The molecule has 0 amide bonds. The van der Waals surface area contributed by atoms with Crippen LogP contribution in [0.25, 0.3) is 0 Å². The molecule has 3 nitrogen and oxygen atoms in total. The van der Waals surface area contributed by atoms with Crippen LogP contribution in [-0.2, 0) is 10.0 Å². The molecule has 1 fully saturated rings. The van der Waals surface area contributed by atoms with Gasteiger partial charge in [-0.1, -0.05) is 66.2 Å². The van der Waals surface area contributed by atoms with E-state index in [1.54, 1.807) is 28.2 Å². The first-order valence-corrected chi connectivity index (χ1v) is 12.2. The summed E-state index contributed by atoms with van der Waals surface area (Å²) in [6, 6.07) is 27.3. The maximum Gasteiger partial charge on any atom is 0.243 e. The zero-order valence-electron chi connectivity index (χ0n) is 16.4. The van der Waals surface area contributed by atoms with E-state index in [-0.39, 0.29) is 11.3 Å². The molecule has 29 heavy (non-hydrogen) atoms. The van der Waals surface area contributed by atoms with Crippen molar-refractivity contribution in [3.05, 3.63) is 96.1 Å². The van der Waals surface area contributed by atoms with Gasteiger partial charge in [-0.05, 0) is 49.6 Å². The predicted octanol–water partition coefficient (Wildman–Crippen LogP) is 5.68. The molecule has 0 unspecified atom stereocenters. The quantitative estimate of drug-likeness (QED) is 0.530. The normalized spacial score (nSPS) is 20.4. The molecule has 1 aliphatic heterocycles. The van der Waals surface area contributed by atoms with E-state index >= 15 is 0 Å². The zero-order valence-corrected chi connectivity index (χ0v) is 18.1. The molecule has 1 aliphatic rings. The second-order valence-corrected chi connectivity index (χ2v) is 10.6. The van der Waals surface area contributed by atoms with Gasteiger partial charge in [0.1, 0.15) is 0 Å². The number of benzene rings is 3. The van der Waals surface area contributed by atoms with Crippen molar-refractivity contribution in [2.75, 3.05) is 6.54 Å². The minimum absolute atomic E-state index is 0.161. The minimum atomic E-state index is -3.58. The smallest absolute Gasteiger partial charge is 0.207 e. The molecule has 3 aromatic rings. The van der Waals surface area contributed by atoms with Gasteiger partial charge in [0.15, 0.2) is 0 Å². The van der Waals surface area contributed by atoms with E-state index in [4.69, 9.17) is 0 Å². The Kier molecular flexibility index (Phi) is 6.09. The van der Waals surface area contributed by atoms with Gasteiger partial charge >= 0.3 is 0 Å². The Hall–Kier alpha value is -2.08. The van der Waals surface area contributed by atoms with Crippen LogP contribution in [0.2, 0.25) is 0 Å². The predicted molar refractivity (Wildman–Crippen MR) is 120 cm³/mol. The third-order valence-electron chi connectivity index (χ3n) is 5.33. The molecule has 1 saturated heterocycles. The molecular formula is C24H25NO2S2. The van der Waals surface area contributed by atoms with Gasteiger partial charge in [-0.2, -0.15) is 4.31 Å². The molecule has 150 valence electrons. The average molecular weight is 424 g/mol. The molecule has 2 atom stereocenters. The van der Waals surface area contributed by atoms with Crippen molar-refractivity contribution >= 4 is 21.8 Å². The van der Waals surface area contributed by atoms with Gasteiger partial charge in [0.2, 0.25) is 10.0 Å². The average Bonchev–Trinajstić information content (AvgIpc) is 2.75. The first kappa shape index (κ1) is 20.2. The molecule has 3 aromatic carbocycles. The van der Waals surface area contributed by atoms with Crippen LogP contribution in [0.1, 0.15) is 30.0 Å². The van der Waals surface area contributed by atoms with E-state index in [0.29, 0.717) is 11.4 Å². The van der Waals surface area contributed by atoms with Crippen LogP contribution in [0.3, 0.4) is 0 Å². The second-order valence-electron chi connectivity index (χ2n) is 7.40. The lowest BCUT2D eigenvalue weighted by atomic mass is 9.97. The van der Waals surface area contributed by atoms with Crippen molar-refractivity contribution in [2.45, 2.75) is 40.8 Å². The standard InChI is InChI=1S/C24H25NO2S2/c1-19-14-16-22(17-15-19)29(26,27)25-18-8-13-23(28-21-11-6-3-7-12-21)24(25)20-9-4-2-5-10-20/h2-7,9-12,14-17,23-24H,8,13,18H2,1H3/t23-,24-/m1/s1. The summed E-state index contributed by atoms with van der Waals surface area (Å²) < 4.78 is 28.9. The highest BCUT2D eigenvalue weighted by molar-refractivity contribution is 8.00. The van der Waals surface area contributed by atoms with Crippen LogP contribution in [0.5, 0.6) is 0 Å². The first-order chi connectivity index (χ1) is 14.1. The third kappa shape index (κ3) is 4.42. The molecule has 0 spiro atoms. The Bertz CT molecular complexity index is 1040. The summed E-state index contributed by atoms with van der Waals surface area (Å²) in [5.41, 5.74) is 2.11. The highest BCUT2D eigenvalue weighted by Gasteiger charge is 2.40. The van der Waals surface area contributed by atoms with E-state index in [9.17, 15) is 8.42 Å². The minimum Gasteiger partial charge on any atom is -0.207 e. The zero-order chi connectivity index (χ0) is 20.3. The number of nitrogens with zero attached hydrogens (tertiary/aromatic N) is 1. The van der Waals surface area contributed by atoms with Crippen LogP contribution in [-0.4, -0.2) is 24.5 Å². The van der Waals surface area contributed by atoms with Gasteiger partial charge in [0.05, 0.1) is 10.9 Å². The fourth-order valence-corrected chi connectivity index (χ4v) is 7.02. The van der Waals surface area contributed by atoms with Gasteiger partial charge in [0, 0.05) is 16.7 Å². The summed E-state index contributed by atoms with van der Waals surface area (Å²) in [6.07, 6.45) is 1.85. The lowest BCUT2D eigenvalue weighted by molar-refractivity contribution is 0.264. The number of hydrogen-bond acceptors (Lipinski definition) is 3. The molecular weight excluding hydrogens is 398 g/mol. The molecule has 0 saturated carbocycles. The SMILES string of the molecule is Cc1ccc(S(=O)(=O)N2CCC[C@@H](Sc3ccccc3)[C@H]2c2ccccc2)cc1. The Morgan fingerprint density at radius 3 is 2.14 bits per heavy atom. The number of piperidine rings is 1. The largest absolute Gasteiger partial charge is 0.243 e. The van der Waals surface area contributed by atoms with Crippen molar-refractivity contribution in [3.8, 4) is 0 Å². The number of aryl methyl sites for hydroxylation is 1. The van der Waals surface area contributed by atoms with E-state index in [2.05, 4.69) is 12.1 Å². The van der Waals surface area contributed by atoms with E-state index in [0.717, 1.165) is 24.0 Å². The molecule has 0 aromatic heterocycles. The molecule has 1 heterocycles. The summed E-state index contributed by atoms with van der Waals surface area (Å²) >= 11 is 1.78. The Morgan fingerprint density at radius 1 is 0.862 bits per heavy atom. The van der Waals surface area contributed by atoms with Crippen LogP contribution < -0.4 is 0 Å². The number of thioether (sulfide) groups is 1. The molecule has 0 aliphatic carbocycles. The summed E-state index contributed by atoms with van der Waals surface area (Å²) in [4.78, 5) is 1.54. The van der Waals surface area contributed by atoms with Gasteiger partial charge in [0.25, 0.3) is 0 Å². The molecule has 0 N–H and O–H groups in total. The van der Waals surface area contributed by atoms with Crippen molar-refractivity contribution in [1.29, 1.82) is 0 Å². The first-order valence-electron chi connectivity index (χ1n) is 9.91. The number of hydrogen-bond donors (Lipinski definition) is 0. The number of sulfonamides is 1. The monoisotopic (exact) mass is 423 g/mol. The van der Waals surface area contributed by atoms with E-state index < -0.39 is 10.0 Å². The van der Waals surface area contributed by atoms with Crippen molar-refractivity contribution in [2.24, 2.45) is 0 Å². The Balaban J connectivity index is 1.74. The summed E-state index contributed by atoms with van der Waals surface area (Å²) in [7, 11) is -3.58. The fraction of sp³-hybridized carbons (Fsp3) is 0.250. The third-order valence-corrected chi connectivity index (χ3v) is 8.56. The maximum absolute atomic E-state index is 13.6. The van der Waals surface area contributed by atoms with Crippen molar-refractivity contribution in [1.82, 2.24) is 4.31 Å². The summed E-state index contributed by atoms with van der Waals surface area (Å²) in [6.45, 7) is 2.51. The van der Waals surface area contributed by atoms with Crippen molar-refractivity contribution < 1.29 is 8.42 Å². The molecule has 0 radical (unpaired) electrons. The molecule has 5 heteroatoms. The Morgan fingerprint density at radius 2 is 1.48 bits per heavy atom. The van der Waals surface area contributed by atoms with Crippen molar-refractivity contribution in [3.63, 3.8) is 0 Å². The van der Waals surface area contributed by atoms with Crippen LogP contribution >= 0.6 is 11.8 Å². The second kappa shape index (κ2) is 8.74. The van der Waals surface area contributed by atoms with Gasteiger partial charge in [-0.25, -0.2) is 8.42 Å². The Labute approximate surface area is 177 Å². The van der Waals surface area contributed by atoms with Crippen LogP contribution in [0, 0.1) is 6.92 Å². The van der Waals surface area contributed by atoms with Gasteiger partial charge in [-0.15, -0.1) is 11.8 Å². The van der Waals surface area contributed by atoms with Gasteiger partial charge < -0.3 is 0 Å². The van der Waals surface area contributed by atoms with Gasteiger partial charge in [-0.3, -0.25) is 0 Å². The maximum atomic E-state index is 13.6. The molecule has 4 rings (SSSR count). The molecule has 0 bridgehead atoms. The van der Waals surface area contributed by atoms with E-state index in [1.165, 1.54) is 4.90 Å². The van der Waals surface area contributed by atoms with Crippen LogP contribution in [0.15, 0.2) is 94.7 Å². The van der Waals surface area contributed by atoms with Crippen LogP contribution in [0.4, 0.5) is 0 Å².